The van der Waals surface area contributed by atoms with Crippen LogP contribution in [0.5, 0.6) is 0 Å². The summed E-state index contributed by atoms with van der Waals surface area (Å²) in [5.74, 6) is 0.105. The van der Waals surface area contributed by atoms with Crippen LogP contribution in [0.4, 0.5) is 5.69 Å². The van der Waals surface area contributed by atoms with Gasteiger partial charge in [0.05, 0.1) is 23.7 Å². The Morgan fingerprint density at radius 3 is 3.06 bits per heavy atom. The van der Waals surface area contributed by atoms with Crippen LogP contribution in [-0.4, -0.2) is 29.0 Å². The van der Waals surface area contributed by atoms with Crippen molar-refractivity contribution in [1.29, 1.82) is 5.41 Å². The van der Waals surface area contributed by atoms with Crippen molar-refractivity contribution in [2.75, 3.05) is 13.2 Å². The SMILES string of the molecule is N=C1c2cccc([N+](=O)[O-])c2C2OCCON12. The van der Waals surface area contributed by atoms with Crippen molar-refractivity contribution in [3.05, 3.63) is 39.4 Å². The van der Waals surface area contributed by atoms with E-state index < -0.39 is 11.2 Å². The zero-order chi connectivity index (χ0) is 12.0. The van der Waals surface area contributed by atoms with Crippen molar-refractivity contribution in [3.63, 3.8) is 0 Å². The van der Waals surface area contributed by atoms with Crippen LogP contribution in [0.15, 0.2) is 18.2 Å². The molecule has 7 nitrogen and oxygen atoms in total. The first-order chi connectivity index (χ1) is 8.20. The minimum atomic E-state index is -0.673. The van der Waals surface area contributed by atoms with Gasteiger partial charge in [-0.15, -0.1) is 0 Å². The van der Waals surface area contributed by atoms with Crippen LogP contribution in [0.3, 0.4) is 0 Å². The molecule has 1 aromatic rings. The topological polar surface area (TPSA) is 88.7 Å². The van der Waals surface area contributed by atoms with Crippen molar-refractivity contribution < 1.29 is 14.5 Å². The Kier molecular flexibility index (Phi) is 2.10. The van der Waals surface area contributed by atoms with Gasteiger partial charge in [-0.25, -0.2) is 5.06 Å². The van der Waals surface area contributed by atoms with E-state index in [4.69, 9.17) is 15.0 Å². The quantitative estimate of drug-likeness (QED) is 0.583. The maximum atomic E-state index is 11.0. The van der Waals surface area contributed by atoms with Crippen LogP contribution in [0.1, 0.15) is 17.4 Å². The molecule has 2 aliphatic rings. The molecule has 0 bridgehead atoms. The molecule has 1 fully saturated rings. The molecule has 1 saturated heterocycles. The van der Waals surface area contributed by atoms with Crippen LogP contribution in [0, 0.1) is 15.5 Å². The molecule has 7 heteroatoms. The lowest BCUT2D eigenvalue weighted by atomic mass is 10.1. The Bertz CT molecular complexity index is 516. The fraction of sp³-hybridized carbons (Fsp3) is 0.300. The summed E-state index contributed by atoms with van der Waals surface area (Å²) in [4.78, 5) is 15.8. The van der Waals surface area contributed by atoms with Crippen molar-refractivity contribution in [2.24, 2.45) is 0 Å². The first-order valence-electron chi connectivity index (χ1n) is 5.10. The highest BCUT2D eigenvalue weighted by Gasteiger charge is 2.43. The number of hydrogen-bond donors (Lipinski definition) is 1. The minimum Gasteiger partial charge on any atom is -0.349 e. The highest BCUT2D eigenvalue weighted by atomic mass is 16.7. The second-order valence-electron chi connectivity index (χ2n) is 3.73. The van der Waals surface area contributed by atoms with Gasteiger partial charge in [0.15, 0.2) is 12.1 Å². The lowest BCUT2D eigenvalue weighted by Gasteiger charge is -2.29. The summed E-state index contributed by atoms with van der Waals surface area (Å²) in [7, 11) is 0. The maximum Gasteiger partial charge on any atom is 0.277 e. The summed E-state index contributed by atoms with van der Waals surface area (Å²) < 4.78 is 5.45. The lowest BCUT2D eigenvalue weighted by molar-refractivity contribution is -0.387. The second-order valence-corrected chi connectivity index (χ2v) is 3.73. The number of ether oxygens (including phenoxy) is 1. The number of hydrogen-bond acceptors (Lipinski definition) is 5. The average Bonchev–Trinajstić information content (AvgIpc) is 2.64. The molecule has 1 atom stereocenters. The van der Waals surface area contributed by atoms with Crippen LogP contribution >= 0.6 is 0 Å². The molecule has 88 valence electrons. The molecule has 0 aliphatic carbocycles. The van der Waals surface area contributed by atoms with Gasteiger partial charge < -0.3 is 4.74 Å². The molecule has 0 radical (unpaired) electrons. The third kappa shape index (κ3) is 1.33. The molecule has 1 aromatic carbocycles. The Morgan fingerprint density at radius 1 is 1.47 bits per heavy atom. The first kappa shape index (κ1) is 10.2. The van der Waals surface area contributed by atoms with Crippen LogP contribution in [0.25, 0.3) is 0 Å². The van der Waals surface area contributed by atoms with Gasteiger partial charge in [-0.2, -0.15) is 0 Å². The van der Waals surface area contributed by atoms with Gasteiger partial charge in [-0.3, -0.25) is 20.4 Å². The van der Waals surface area contributed by atoms with E-state index in [1.54, 1.807) is 12.1 Å². The van der Waals surface area contributed by atoms with E-state index in [2.05, 4.69) is 0 Å². The monoisotopic (exact) mass is 235 g/mol. The highest BCUT2D eigenvalue weighted by molar-refractivity contribution is 6.01. The number of nitrogens with one attached hydrogen (secondary N) is 1. The molecular weight excluding hydrogens is 226 g/mol. The van der Waals surface area contributed by atoms with E-state index in [-0.39, 0.29) is 11.5 Å². The number of nitrogens with zero attached hydrogens (tertiary/aromatic N) is 2. The van der Waals surface area contributed by atoms with Gasteiger partial charge in [0.25, 0.3) is 5.69 Å². The second kappa shape index (κ2) is 3.51. The minimum absolute atomic E-state index is 0.0368. The van der Waals surface area contributed by atoms with E-state index in [0.29, 0.717) is 24.3 Å². The number of fused-ring (bicyclic) bond motifs is 3. The van der Waals surface area contributed by atoms with E-state index in [1.807, 2.05) is 0 Å². The molecule has 0 saturated carbocycles. The Balaban J connectivity index is 2.18. The van der Waals surface area contributed by atoms with Gasteiger partial charge in [-0.05, 0) is 0 Å². The molecule has 1 unspecified atom stereocenters. The summed E-state index contributed by atoms with van der Waals surface area (Å²) in [6.45, 7) is 0.709. The standard InChI is InChI=1S/C10H9N3O4/c11-9-6-2-1-3-7(13(14)15)8(6)10-12(9)17-5-4-16-10/h1-3,10-11H,4-5H2. The lowest BCUT2D eigenvalue weighted by Crippen LogP contribution is -2.36. The fourth-order valence-corrected chi connectivity index (χ4v) is 2.11. The largest absolute Gasteiger partial charge is 0.349 e. The summed E-state index contributed by atoms with van der Waals surface area (Å²) in [6.07, 6.45) is -0.673. The molecule has 0 aromatic heterocycles. The zero-order valence-corrected chi connectivity index (χ0v) is 8.75. The van der Waals surface area contributed by atoms with E-state index >= 15 is 0 Å². The summed E-state index contributed by atoms with van der Waals surface area (Å²) in [5.41, 5.74) is 0.860. The van der Waals surface area contributed by atoms with E-state index in [0.717, 1.165) is 0 Å². The molecule has 17 heavy (non-hydrogen) atoms. The number of amidine groups is 1. The van der Waals surface area contributed by atoms with Crippen molar-refractivity contribution in [2.45, 2.75) is 6.23 Å². The van der Waals surface area contributed by atoms with Gasteiger partial charge in [-0.1, -0.05) is 12.1 Å². The molecule has 2 aliphatic heterocycles. The fourth-order valence-electron chi connectivity index (χ4n) is 2.11. The van der Waals surface area contributed by atoms with Gasteiger partial charge >= 0.3 is 0 Å². The molecular formula is C10H9N3O4. The van der Waals surface area contributed by atoms with Gasteiger partial charge in [0, 0.05) is 11.6 Å². The Morgan fingerprint density at radius 2 is 2.29 bits per heavy atom. The first-order valence-corrected chi connectivity index (χ1v) is 5.10. The normalized spacial score (nSPS) is 22.2. The van der Waals surface area contributed by atoms with Crippen molar-refractivity contribution in [1.82, 2.24) is 5.06 Å². The number of benzene rings is 1. The molecule has 1 N–H and O–H groups in total. The number of nitro groups is 1. The molecule has 3 rings (SSSR count). The summed E-state index contributed by atoms with van der Waals surface area (Å²) >= 11 is 0. The predicted octanol–water partition coefficient (Wildman–Crippen LogP) is 1.20. The van der Waals surface area contributed by atoms with Crippen molar-refractivity contribution in [3.8, 4) is 0 Å². The smallest absolute Gasteiger partial charge is 0.277 e. The number of hydroxylamine groups is 2. The molecule has 2 heterocycles. The van der Waals surface area contributed by atoms with Gasteiger partial charge in [0.1, 0.15) is 0 Å². The van der Waals surface area contributed by atoms with Crippen LogP contribution in [0.2, 0.25) is 0 Å². The molecule has 0 amide bonds. The predicted molar refractivity (Wildman–Crippen MR) is 56.4 cm³/mol. The number of nitro benzene ring substituents is 1. The third-order valence-corrected chi connectivity index (χ3v) is 2.80. The summed E-state index contributed by atoms with van der Waals surface area (Å²) in [6, 6.07) is 4.63. The number of rotatable bonds is 1. The van der Waals surface area contributed by atoms with E-state index in [9.17, 15) is 10.1 Å². The third-order valence-electron chi connectivity index (χ3n) is 2.80. The highest BCUT2D eigenvalue weighted by Crippen LogP contribution is 2.41. The van der Waals surface area contributed by atoms with Crippen LogP contribution < -0.4 is 0 Å². The maximum absolute atomic E-state index is 11.0. The zero-order valence-electron chi connectivity index (χ0n) is 8.75. The molecule has 0 spiro atoms. The average molecular weight is 235 g/mol. The van der Waals surface area contributed by atoms with Crippen LogP contribution in [-0.2, 0) is 9.57 Å². The van der Waals surface area contributed by atoms with Crippen molar-refractivity contribution >= 4 is 11.5 Å². The van der Waals surface area contributed by atoms with E-state index in [1.165, 1.54) is 11.1 Å². The summed E-state index contributed by atoms with van der Waals surface area (Å²) in [5, 5.41) is 20.1. The Hall–Kier alpha value is -1.99. The Labute approximate surface area is 96.2 Å². The van der Waals surface area contributed by atoms with Gasteiger partial charge in [0.2, 0.25) is 0 Å².